The normalized spacial score (nSPS) is 13.1. The molecule has 0 amide bonds. The molecule has 0 radical (unpaired) electrons. The second-order valence-corrected chi connectivity index (χ2v) is 24.4. The molecule has 10 aromatic rings. The van der Waals surface area contributed by atoms with Gasteiger partial charge in [0.2, 0.25) is 0 Å². The van der Waals surface area contributed by atoms with Crippen molar-refractivity contribution >= 4 is 79.4 Å². The van der Waals surface area contributed by atoms with Crippen molar-refractivity contribution in [3.8, 4) is 5.69 Å². The van der Waals surface area contributed by atoms with Crippen LogP contribution >= 0.6 is 0 Å². The van der Waals surface area contributed by atoms with Crippen molar-refractivity contribution in [1.82, 2.24) is 4.57 Å². The van der Waals surface area contributed by atoms with E-state index >= 15 is 0 Å². The monoisotopic (exact) mass is 819 g/mol. The van der Waals surface area contributed by atoms with Gasteiger partial charge in [-0.3, -0.25) is 0 Å². The second-order valence-electron chi connectivity index (χ2n) is 16.9. The first-order valence-corrected chi connectivity index (χ1v) is 25.1. The molecule has 294 valence electrons. The molecule has 0 atom stereocenters. The molecule has 0 aliphatic carbocycles. The van der Waals surface area contributed by atoms with Crippen LogP contribution in [-0.4, -0.2) is 20.7 Å². The van der Waals surface area contributed by atoms with Gasteiger partial charge in [-0.15, -0.1) is 0 Å². The molecule has 0 spiro atoms. The zero-order valence-electron chi connectivity index (χ0n) is 38.7. The van der Waals surface area contributed by atoms with E-state index in [0.29, 0.717) is 32.2 Å². The van der Waals surface area contributed by atoms with Gasteiger partial charge < -0.3 is 4.57 Å². The third-order valence-electron chi connectivity index (χ3n) is 12.4. The van der Waals surface area contributed by atoms with Crippen molar-refractivity contribution in [1.29, 1.82) is 0 Å². The summed E-state index contributed by atoms with van der Waals surface area (Å²) < 4.78 is 44.2. The third kappa shape index (κ3) is 6.44. The summed E-state index contributed by atoms with van der Waals surface area (Å²) in [6, 6.07) is 76.3. The van der Waals surface area contributed by atoms with E-state index in [2.05, 4.69) is 195 Å². The fraction of sp³-hybridized carbons (Fsp3) is 0.0690. The van der Waals surface area contributed by atoms with Crippen LogP contribution in [0, 0.1) is 0 Å². The van der Waals surface area contributed by atoms with Crippen molar-refractivity contribution < 1.29 is 5.48 Å². The molecule has 1 nitrogen and oxygen atoms in total. The van der Waals surface area contributed by atoms with Crippen molar-refractivity contribution in [2.24, 2.45) is 0 Å². The fourth-order valence-electron chi connectivity index (χ4n) is 9.53. The molecule has 61 heavy (non-hydrogen) atoms. The summed E-state index contributed by atoms with van der Waals surface area (Å²) in [6.45, 7) is 6.61. The summed E-state index contributed by atoms with van der Waals surface area (Å²) in [5, 5.41) is 9.02. The molecule has 0 unspecified atom stereocenters. The molecule has 3 heteroatoms. The first kappa shape index (κ1) is 34.0. The molecule has 1 aromatic heterocycles. The zero-order valence-corrected chi connectivity index (χ0v) is 36.7. The lowest BCUT2D eigenvalue weighted by Crippen LogP contribution is -2.74. The van der Waals surface area contributed by atoms with Crippen molar-refractivity contribution in [2.75, 3.05) is 0 Å². The average molecular weight is 820 g/mol. The molecule has 0 bridgehead atoms. The molecular formula is C58H49NSi2. The number of fused-ring (bicyclic) bond motifs is 3. The number of hydrogen-bond acceptors (Lipinski definition) is 0. The van der Waals surface area contributed by atoms with Crippen LogP contribution in [0.1, 0.15) is 31.8 Å². The Hall–Kier alpha value is -6.79. The van der Waals surface area contributed by atoms with Crippen molar-refractivity contribution in [3.63, 3.8) is 0 Å². The van der Waals surface area contributed by atoms with Crippen molar-refractivity contribution in [2.45, 2.75) is 26.2 Å². The van der Waals surface area contributed by atoms with Crippen LogP contribution in [-0.2, 0) is 5.41 Å². The van der Waals surface area contributed by atoms with Crippen LogP contribution < -0.4 is 41.5 Å². The average Bonchev–Trinajstić information content (AvgIpc) is 3.67. The maximum atomic E-state index is 10.8. The van der Waals surface area contributed by atoms with Crippen molar-refractivity contribution in [3.05, 3.63) is 248 Å². The van der Waals surface area contributed by atoms with E-state index < -0.39 is 16.1 Å². The topological polar surface area (TPSA) is 4.93 Å². The van der Waals surface area contributed by atoms with Crippen LogP contribution in [0.5, 0.6) is 0 Å². The number of aromatic nitrogens is 1. The molecule has 0 saturated heterocycles. The van der Waals surface area contributed by atoms with Crippen LogP contribution in [0.15, 0.2) is 243 Å². The standard InChI is InChI=1S/C58H49NSi2/c1-58(2,3)44-34-36-45(37-35-44)59-56-40-38-52(60(46-22-10-4-11-23-46,47-24-12-5-13-25-47)48-26-14-6-15-27-48)42-54(56)55-43-53(39-41-57(55)59)61(49-28-16-7-17-29-49,50-30-18-8-19-31-50)51-32-20-9-21-33-51/h4-43H,1-3H3/i38D,39D,42D,43D. The quantitative estimate of drug-likeness (QED) is 0.101. The first-order valence-electron chi connectivity index (χ1n) is 23.1. The van der Waals surface area contributed by atoms with Gasteiger partial charge in [0.25, 0.3) is 0 Å². The highest BCUT2D eigenvalue weighted by Crippen LogP contribution is 2.33. The molecule has 0 fully saturated rings. The Labute approximate surface area is 367 Å². The Balaban J connectivity index is 1.43. The third-order valence-corrected chi connectivity index (χ3v) is 21.7. The van der Waals surface area contributed by atoms with Gasteiger partial charge in [-0.2, -0.15) is 0 Å². The molecule has 0 N–H and O–H groups in total. The maximum Gasteiger partial charge on any atom is 0.179 e. The van der Waals surface area contributed by atoms with Crippen LogP contribution in [0.2, 0.25) is 0 Å². The fourth-order valence-corrected chi connectivity index (χ4v) is 18.6. The van der Waals surface area contributed by atoms with E-state index in [4.69, 9.17) is 0 Å². The molecular weight excluding hydrogens is 767 g/mol. The van der Waals surface area contributed by atoms with Gasteiger partial charge in [0.15, 0.2) is 16.1 Å². The van der Waals surface area contributed by atoms with E-state index in [1.165, 1.54) is 5.56 Å². The SMILES string of the molecule is [2H]c1cc2c(c([2H])c1[Si](c1ccccc1)(c1ccccc1)c1ccccc1)c1c([2H])c([Si](c3ccccc3)(c3ccccc3)c3ccccc3)c([2H])cc1n2-c1ccc(C(C)(C)C)cc1. The predicted molar refractivity (Wildman–Crippen MR) is 267 cm³/mol. The lowest BCUT2D eigenvalue weighted by Gasteiger charge is -2.34. The summed E-state index contributed by atoms with van der Waals surface area (Å²) in [6.07, 6.45) is 0. The highest BCUT2D eigenvalue weighted by Gasteiger charge is 2.43. The highest BCUT2D eigenvalue weighted by atomic mass is 28.3. The van der Waals surface area contributed by atoms with E-state index in [1.807, 2.05) is 48.5 Å². The van der Waals surface area contributed by atoms with Gasteiger partial charge in [-0.1, -0.05) is 239 Å². The molecule has 0 aliphatic rings. The Bertz CT molecular complexity index is 2910. The van der Waals surface area contributed by atoms with Gasteiger partial charge in [0.1, 0.15) is 0 Å². The first-order chi connectivity index (χ1) is 31.6. The van der Waals surface area contributed by atoms with Crippen LogP contribution in [0.3, 0.4) is 0 Å². The van der Waals surface area contributed by atoms with E-state index in [-0.39, 0.29) is 29.6 Å². The number of benzene rings is 9. The molecule has 9 aromatic carbocycles. The minimum absolute atomic E-state index is 0.0743. The van der Waals surface area contributed by atoms with Gasteiger partial charge >= 0.3 is 0 Å². The summed E-state index contributed by atoms with van der Waals surface area (Å²) >= 11 is 0. The molecule has 1 heterocycles. The maximum absolute atomic E-state index is 10.8. The Kier molecular flexibility index (Phi) is 8.73. The largest absolute Gasteiger partial charge is 0.309 e. The smallest absolute Gasteiger partial charge is 0.179 e. The minimum atomic E-state index is -3.40. The molecule has 0 aliphatic heterocycles. The van der Waals surface area contributed by atoms with Crippen LogP contribution in [0.4, 0.5) is 0 Å². The summed E-state index contributed by atoms with van der Waals surface area (Å²) in [7, 11) is -6.80. The van der Waals surface area contributed by atoms with E-state index in [1.54, 1.807) is 0 Å². The minimum Gasteiger partial charge on any atom is -0.309 e. The van der Waals surface area contributed by atoms with Gasteiger partial charge in [-0.05, 0) is 76.7 Å². The summed E-state index contributed by atoms with van der Waals surface area (Å²) in [5.41, 5.74) is 3.32. The predicted octanol–water partition coefficient (Wildman–Crippen LogP) is 8.84. The lowest BCUT2D eigenvalue weighted by molar-refractivity contribution is 0.590. The number of hydrogen-bond donors (Lipinski definition) is 0. The number of nitrogens with zero attached hydrogens (tertiary/aromatic N) is 1. The van der Waals surface area contributed by atoms with E-state index in [0.717, 1.165) is 36.8 Å². The number of rotatable bonds is 9. The zero-order chi connectivity index (χ0) is 44.9. The van der Waals surface area contributed by atoms with E-state index in [9.17, 15) is 5.48 Å². The van der Waals surface area contributed by atoms with Crippen LogP contribution in [0.25, 0.3) is 27.5 Å². The Morgan fingerprint density at radius 2 is 0.623 bits per heavy atom. The highest BCUT2D eigenvalue weighted by molar-refractivity contribution is 7.20. The Morgan fingerprint density at radius 3 is 0.885 bits per heavy atom. The molecule has 0 saturated carbocycles. The molecule has 10 rings (SSSR count). The summed E-state index contributed by atoms with van der Waals surface area (Å²) in [5.74, 6) is 0. The van der Waals surface area contributed by atoms with Gasteiger partial charge in [-0.25, -0.2) is 0 Å². The Morgan fingerprint density at radius 1 is 0.344 bits per heavy atom. The van der Waals surface area contributed by atoms with Gasteiger partial charge in [0, 0.05) is 16.5 Å². The van der Waals surface area contributed by atoms with Gasteiger partial charge in [0.05, 0.1) is 16.5 Å². The summed E-state index contributed by atoms with van der Waals surface area (Å²) in [4.78, 5) is 0. The second kappa shape index (κ2) is 15.7. The lowest BCUT2D eigenvalue weighted by atomic mass is 9.87.